The van der Waals surface area contributed by atoms with Gasteiger partial charge in [-0.05, 0) is 57.2 Å². The quantitative estimate of drug-likeness (QED) is 0.454. The summed E-state index contributed by atoms with van der Waals surface area (Å²) in [5.74, 6) is -1.79. The molecule has 0 fully saturated rings. The monoisotopic (exact) mass is 382 g/mol. The number of hydrogen-bond acceptors (Lipinski definition) is 5. The SMILES string of the molecule is COC(=O)c1ccccc1NC(=O)C(C)(C)C(=O)Nc1ccc(C(C)=O)cc1. The molecule has 0 bridgehead atoms. The largest absolute Gasteiger partial charge is 0.465 e. The fourth-order valence-corrected chi connectivity index (χ4v) is 2.34. The lowest BCUT2D eigenvalue weighted by Crippen LogP contribution is -2.41. The molecule has 0 atom stereocenters. The van der Waals surface area contributed by atoms with Gasteiger partial charge in [0.15, 0.2) is 5.78 Å². The molecule has 2 N–H and O–H groups in total. The number of anilines is 2. The van der Waals surface area contributed by atoms with E-state index in [2.05, 4.69) is 10.6 Å². The van der Waals surface area contributed by atoms with Crippen molar-refractivity contribution in [1.29, 1.82) is 0 Å². The van der Waals surface area contributed by atoms with Crippen LogP contribution in [0.5, 0.6) is 0 Å². The van der Waals surface area contributed by atoms with Crippen molar-refractivity contribution in [1.82, 2.24) is 0 Å². The Labute approximate surface area is 163 Å². The van der Waals surface area contributed by atoms with E-state index in [-0.39, 0.29) is 17.0 Å². The van der Waals surface area contributed by atoms with E-state index >= 15 is 0 Å². The molecule has 0 saturated heterocycles. The molecule has 2 aromatic carbocycles. The smallest absolute Gasteiger partial charge is 0.339 e. The van der Waals surface area contributed by atoms with Crippen molar-refractivity contribution in [3.8, 4) is 0 Å². The van der Waals surface area contributed by atoms with Gasteiger partial charge < -0.3 is 15.4 Å². The molecule has 2 aromatic rings. The Kier molecular flexibility index (Phi) is 6.30. The summed E-state index contributed by atoms with van der Waals surface area (Å²) >= 11 is 0. The van der Waals surface area contributed by atoms with Crippen LogP contribution in [0.1, 0.15) is 41.5 Å². The number of nitrogens with one attached hydrogen (secondary N) is 2. The maximum absolute atomic E-state index is 12.7. The van der Waals surface area contributed by atoms with Gasteiger partial charge in [0, 0.05) is 11.3 Å². The van der Waals surface area contributed by atoms with Gasteiger partial charge in [-0.15, -0.1) is 0 Å². The van der Waals surface area contributed by atoms with Crippen LogP contribution in [0.15, 0.2) is 48.5 Å². The molecule has 0 saturated carbocycles. The van der Waals surface area contributed by atoms with Gasteiger partial charge in [-0.3, -0.25) is 14.4 Å². The molecule has 0 radical (unpaired) electrons. The number of esters is 1. The minimum absolute atomic E-state index is 0.0816. The highest BCUT2D eigenvalue weighted by atomic mass is 16.5. The second-order valence-corrected chi connectivity index (χ2v) is 6.70. The van der Waals surface area contributed by atoms with Crippen molar-refractivity contribution in [2.24, 2.45) is 5.41 Å². The second-order valence-electron chi connectivity index (χ2n) is 6.70. The lowest BCUT2D eigenvalue weighted by atomic mass is 9.90. The van der Waals surface area contributed by atoms with Crippen LogP contribution in [0.25, 0.3) is 0 Å². The van der Waals surface area contributed by atoms with Crippen molar-refractivity contribution in [3.63, 3.8) is 0 Å². The zero-order valence-electron chi connectivity index (χ0n) is 16.2. The lowest BCUT2D eigenvalue weighted by molar-refractivity contribution is -0.135. The minimum atomic E-state index is -1.43. The van der Waals surface area contributed by atoms with E-state index in [1.54, 1.807) is 42.5 Å². The van der Waals surface area contributed by atoms with Crippen molar-refractivity contribution in [3.05, 3.63) is 59.7 Å². The zero-order chi connectivity index (χ0) is 20.9. The summed E-state index contributed by atoms with van der Waals surface area (Å²) in [6.45, 7) is 4.40. The Morgan fingerprint density at radius 3 is 2.00 bits per heavy atom. The average molecular weight is 382 g/mol. The number of carbonyl (C=O) groups excluding carboxylic acids is 4. The molecule has 146 valence electrons. The molecule has 0 aliphatic heterocycles. The second kappa shape index (κ2) is 8.47. The van der Waals surface area contributed by atoms with Gasteiger partial charge in [0.25, 0.3) is 0 Å². The summed E-state index contributed by atoms with van der Waals surface area (Å²) in [4.78, 5) is 48.5. The first kappa shape index (κ1) is 20.8. The number of para-hydroxylation sites is 1. The number of methoxy groups -OCH3 is 1. The molecule has 0 unspecified atom stereocenters. The van der Waals surface area contributed by atoms with Gasteiger partial charge in [-0.25, -0.2) is 4.79 Å². The van der Waals surface area contributed by atoms with Crippen molar-refractivity contribution >= 4 is 34.9 Å². The topological polar surface area (TPSA) is 102 Å². The highest BCUT2D eigenvalue weighted by Gasteiger charge is 2.36. The molecule has 0 aromatic heterocycles. The number of ether oxygens (including phenoxy) is 1. The molecule has 0 spiro atoms. The normalized spacial score (nSPS) is 10.7. The molecule has 28 heavy (non-hydrogen) atoms. The molecule has 2 amide bonds. The Bertz CT molecular complexity index is 917. The molecular formula is C21H22N2O5. The van der Waals surface area contributed by atoms with E-state index in [1.807, 2.05) is 0 Å². The van der Waals surface area contributed by atoms with E-state index < -0.39 is 23.2 Å². The van der Waals surface area contributed by atoms with Crippen molar-refractivity contribution in [2.75, 3.05) is 17.7 Å². The van der Waals surface area contributed by atoms with Crippen LogP contribution in [0.3, 0.4) is 0 Å². The van der Waals surface area contributed by atoms with E-state index in [4.69, 9.17) is 4.74 Å². The van der Waals surface area contributed by atoms with Crippen LogP contribution in [0.2, 0.25) is 0 Å². The first-order valence-electron chi connectivity index (χ1n) is 8.58. The molecule has 0 heterocycles. The van der Waals surface area contributed by atoms with Crippen LogP contribution in [0.4, 0.5) is 11.4 Å². The molecule has 0 aliphatic carbocycles. The molecule has 0 aliphatic rings. The van der Waals surface area contributed by atoms with Gasteiger partial charge in [-0.1, -0.05) is 12.1 Å². The Morgan fingerprint density at radius 1 is 0.857 bits per heavy atom. The maximum atomic E-state index is 12.7. The van der Waals surface area contributed by atoms with Crippen LogP contribution in [0, 0.1) is 5.41 Å². The van der Waals surface area contributed by atoms with Gasteiger partial charge >= 0.3 is 5.97 Å². The number of hydrogen-bond donors (Lipinski definition) is 2. The van der Waals surface area contributed by atoms with Gasteiger partial charge in [0.2, 0.25) is 11.8 Å². The standard InChI is InChI=1S/C21H22N2O5/c1-13(24)14-9-11-15(12-10-14)22-19(26)21(2,3)20(27)23-17-8-6-5-7-16(17)18(25)28-4/h5-12H,1-4H3,(H,22,26)(H,23,27). The number of rotatable bonds is 6. The molecule has 2 rings (SSSR count). The number of Topliss-reactive ketones (excluding diaryl/α,β-unsaturated/α-hetero) is 1. The highest BCUT2D eigenvalue weighted by molar-refractivity contribution is 6.15. The van der Waals surface area contributed by atoms with Gasteiger partial charge in [0.1, 0.15) is 5.41 Å². The summed E-state index contributed by atoms with van der Waals surface area (Å²) in [7, 11) is 1.25. The fraction of sp³-hybridized carbons (Fsp3) is 0.238. The van der Waals surface area contributed by atoms with E-state index in [0.29, 0.717) is 11.3 Å². The zero-order valence-corrected chi connectivity index (χ0v) is 16.2. The van der Waals surface area contributed by atoms with Gasteiger partial charge in [-0.2, -0.15) is 0 Å². The van der Waals surface area contributed by atoms with Gasteiger partial charge in [0.05, 0.1) is 18.4 Å². The van der Waals surface area contributed by atoms with E-state index in [1.165, 1.54) is 33.9 Å². The summed E-state index contributed by atoms with van der Waals surface area (Å²) in [5, 5.41) is 5.27. The van der Waals surface area contributed by atoms with E-state index in [9.17, 15) is 19.2 Å². The first-order chi connectivity index (χ1) is 13.2. The van der Waals surface area contributed by atoms with Crippen LogP contribution in [-0.2, 0) is 14.3 Å². The third-order valence-corrected chi connectivity index (χ3v) is 4.27. The summed E-state index contributed by atoms with van der Waals surface area (Å²) < 4.78 is 4.70. The Balaban J connectivity index is 2.15. The van der Waals surface area contributed by atoms with Crippen LogP contribution < -0.4 is 10.6 Å². The van der Waals surface area contributed by atoms with Crippen molar-refractivity contribution < 1.29 is 23.9 Å². The summed E-state index contributed by atoms with van der Waals surface area (Å²) in [6.07, 6.45) is 0. The average Bonchev–Trinajstić information content (AvgIpc) is 2.68. The molecule has 7 heteroatoms. The van der Waals surface area contributed by atoms with Crippen molar-refractivity contribution in [2.45, 2.75) is 20.8 Å². The number of ketones is 1. The minimum Gasteiger partial charge on any atom is -0.465 e. The summed E-state index contributed by atoms with van der Waals surface area (Å²) in [5.41, 5.74) is 0.00308. The molecular weight excluding hydrogens is 360 g/mol. The predicted octanol–water partition coefficient (Wildman–Crippen LogP) is 3.28. The third-order valence-electron chi connectivity index (χ3n) is 4.27. The summed E-state index contributed by atoms with van der Waals surface area (Å²) in [6, 6.07) is 12.7. The number of carbonyl (C=O) groups is 4. The van der Waals surface area contributed by atoms with Crippen LogP contribution in [-0.4, -0.2) is 30.7 Å². The highest BCUT2D eigenvalue weighted by Crippen LogP contribution is 2.24. The first-order valence-corrected chi connectivity index (χ1v) is 8.58. The molecule has 7 nitrogen and oxygen atoms in total. The Morgan fingerprint density at radius 2 is 1.43 bits per heavy atom. The fourth-order valence-electron chi connectivity index (χ4n) is 2.34. The number of amides is 2. The van der Waals surface area contributed by atoms with Crippen LogP contribution >= 0.6 is 0 Å². The maximum Gasteiger partial charge on any atom is 0.339 e. The predicted molar refractivity (Wildman–Crippen MR) is 105 cm³/mol. The lowest BCUT2D eigenvalue weighted by Gasteiger charge is -2.23. The van der Waals surface area contributed by atoms with E-state index in [0.717, 1.165) is 0 Å². The third kappa shape index (κ3) is 4.62. The Hall–Kier alpha value is -3.48. The number of benzene rings is 2.